The Morgan fingerprint density at radius 1 is 1.05 bits per heavy atom. The van der Waals surface area contributed by atoms with Crippen LogP contribution in [0.15, 0.2) is 67.4 Å². The number of aromatic amines is 1. The third-order valence-corrected chi connectivity index (χ3v) is 8.87. The summed E-state index contributed by atoms with van der Waals surface area (Å²) in [6.07, 6.45) is 10.4. The van der Waals surface area contributed by atoms with Crippen molar-refractivity contribution < 1.29 is 9.53 Å². The zero-order valence-corrected chi connectivity index (χ0v) is 26.1. The Kier molecular flexibility index (Phi) is 9.77. The number of hydrogen-bond acceptors (Lipinski definition) is 6. The zero-order valence-electron chi connectivity index (χ0n) is 26.1. The molecule has 1 amide bonds. The maximum atomic E-state index is 13.1. The molecule has 4 aromatic rings. The summed E-state index contributed by atoms with van der Waals surface area (Å²) in [5, 5.41) is 3.19. The monoisotopic (exact) mass is 580 g/mol. The highest BCUT2D eigenvalue weighted by Gasteiger charge is 2.28. The molecule has 2 N–H and O–H groups in total. The average molecular weight is 581 g/mol. The first-order chi connectivity index (χ1) is 20.8. The highest BCUT2D eigenvalue weighted by atomic mass is 16.5. The lowest BCUT2D eigenvalue weighted by Gasteiger charge is -2.42. The van der Waals surface area contributed by atoms with Gasteiger partial charge in [-0.15, -0.1) is 0 Å². The number of pyridine rings is 1. The fourth-order valence-electron chi connectivity index (χ4n) is 6.25. The van der Waals surface area contributed by atoms with Crippen molar-refractivity contribution in [1.29, 1.82) is 0 Å². The number of nitrogens with one attached hydrogen (secondary N) is 2. The van der Waals surface area contributed by atoms with Gasteiger partial charge in [0.05, 0.1) is 25.3 Å². The number of aryl methyl sites for hydroxylation is 3. The normalized spacial score (nSPS) is 14.8. The van der Waals surface area contributed by atoms with Crippen LogP contribution in [0.3, 0.4) is 0 Å². The van der Waals surface area contributed by atoms with E-state index in [1.165, 1.54) is 16.8 Å². The lowest BCUT2D eigenvalue weighted by molar-refractivity contribution is 0.0944. The number of nitrogens with zero attached hydrogens (tertiary/aromatic N) is 4. The van der Waals surface area contributed by atoms with Crippen molar-refractivity contribution in [2.45, 2.75) is 65.6 Å². The molecule has 0 bridgehead atoms. The number of carbonyl (C=O) groups excluding carboxylic acids is 1. The van der Waals surface area contributed by atoms with Gasteiger partial charge in [-0.1, -0.05) is 0 Å². The highest BCUT2D eigenvalue weighted by Crippen LogP contribution is 2.29. The van der Waals surface area contributed by atoms with Crippen molar-refractivity contribution >= 4 is 11.6 Å². The number of anilines is 1. The first kappa shape index (κ1) is 30.3. The Morgan fingerprint density at radius 2 is 1.77 bits per heavy atom. The van der Waals surface area contributed by atoms with E-state index in [9.17, 15) is 4.79 Å². The molecule has 0 aliphatic carbocycles. The Bertz CT molecular complexity index is 1470. The van der Waals surface area contributed by atoms with E-state index in [4.69, 9.17) is 4.74 Å². The van der Waals surface area contributed by atoms with E-state index in [1.54, 1.807) is 19.6 Å². The van der Waals surface area contributed by atoms with Crippen LogP contribution in [0.1, 0.15) is 58.8 Å². The molecule has 3 heterocycles. The van der Waals surface area contributed by atoms with Gasteiger partial charge in [0.15, 0.2) is 0 Å². The summed E-state index contributed by atoms with van der Waals surface area (Å²) >= 11 is 0. The zero-order chi connectivity index (χ0) is 30.3. The van der Waals surface area contributed by atoms with Gasteiger partial charge in [0, 0.05) is 67.5 Å². The third kappa shape index (κ3) is 7.25. The van der Waals surface area contributed by atoms with Crippen LogP contribution in [0.2, 0.25) is 0 Å². The summed E-state index contributed by atoms with van der Waals surface area (Å²) in [4.78, 5) is 29.9. The molecule has 2 aromatic heterocycles. The topological polar surface area (TPSA) is 86.4 Å². The number of methoxy groups -OCH3 is 1. The lowest BCUT2D eigenvalue weighted by atomic mass is 9.97. The molecule has 226 valence electrons. The molecule has 0 spiro atoms. The molecular formula is C35H44N6O2. The lowest BCUT2D eigenvalue weighted by Crippen LogP contribution is -2.48. The van der Waals surface area contributed by atoms with Crippen molar-refractivity contribution in [1.82, 2.24) is 25.2 Å². The molecular weight excluding hydrogens is 536 g/mol. The minimum absolute atomic E-state index is 0.00195. The number of ether oxygens (including phenoxy) is 1. The van der Waals surface area contributed by atoms with Crippen molar-refractivity contribution in [3.63, 3.8) is 0 Å². The van der Waals surface area contributed by atoms with Crippen LogP contribution in [-0.4, -0.2) is 64.6 Å². The van der Waals surface area contributed by atoms with E-state index < -0.39 is 0 Å². The van der Waals surface area contributed by atoms with Crippen molar-refractivity contribution in [3.8, 4) is 17.0 Å². The Balaban J connectivity index is 1.16. The molecule has 8 nitrogen and oxygen atoms in total. The van der Waals surface area contributed by atoms with Gasteiger partial charge in [0.1, 0.15) is 5.75 Å². The van der Waals surface area contributed by atoms with Gasteiger partial charge in [0.25, 0.3) is 5.91 Å². The fourth-order valence-corrected chi connectivity index (χ4v) is 6.25. The number of likely N-dealkylation sites (tertiary alicyclic amines) is 1. The second-order valence-electron chi connectivity index (χ2n) is 11.7. The fraction of sp³-hybridized carbons (Fsp3) is 0.400. The quantitative estimate of drug-likeness (QED) is 0.224. The number of H-pyrrole nitrogens is 1. The van der Waals surface area contributed by atoms with Crippen LogP contribution in [0.4, 0.5) is 5.69 Å². The summed E-state index contributed by atoms with van der Waals surface area (Å²) in [6.45, 7) is 12.0. The minimum atomic E-state index is -0.00195. The van der Waals surface area contributed by atoms with Gasteiger partial charge >= 0.3 is 0 Å². The summed E-state index contributed by atoms with van der Waals surface area (Å²) < 4.78 is 5.41. The second kappa shape index (κ2) is 13.9. The summed E-state index contributed by atoms with van der Waals surface area (Å²) in [5.41, 5.74) is 8.44. The number of rotatable bonds is 11. The largest absolute Gasteiger partial charge is 0.497 e. The molecule has 1 aliphatic heterocycles. The molecule has 0 unspecified atom stereocenters. The van der Waals surface area contributed by atoms with Crippen molar-refractivity contribution in [2.75, 3.05) is 31.6 Å². The third-order valence-electron chi connectivity index (χ3n) is 8.87. The molecule has 1 atom stereocenters. The average Bonchev–Trinajstić information content (AvgIpc) is 3.56. The van der Waals surface area contributed by atoms with Crippen LogP contribution < -0.4 is 15.0 Å². The minimum Gasteiger partial charge on any atom is -0.497 e. The maximum Gasteiger partial charge on any atom is 0.251 e. The van der Waals surface area contributed by atoms with E-state index in [2.05, 4.69) is 62.1 Å². The Labute approximate surface area is 255 Å². The second-order valence-corrected chi connectivity index (χ2v) is 11.7. The van der Waals surface area contributed by atoms with Crippen molar-refractivity contribution in [2.24, 2.45) is 0 Å². The van der Waals surface area contributed by atoms with E-state index in [0.717, 1.165) is 72.6 Å². The molecule has 1 aliphatic rings. The maximum absolute atomic E-state index is 13.1. The van der Waals surface area contributed by atoms with Gasteiger partial charge in [-0.25, -0.2) is 4.98 Å². The van der Waals surface area contributed by atoms with Crippen LogP contribution in [0.5, 0.6) is 5.75 Å². The molecule has 0 saturated carbocycles. The van der Waals surface area contributed by atoms with Gasteiger partial charge in [-0.3, -0.25) is 9.78 Å². The molecule has 0 radical (unpaired) electrons. The van der Waals surface area contributed by atoms with Crippen LogP contribution >= 0.6 is 0 Å². The predicted molar refractivity (Wildman–Crippen MR) is 173 cm³/mol. The van der Waals surface area contributed by atoms with Crippen molar-refractivity contribution in [3.05, 3.63) is 95.2 Å². The number of aromatic nitrogens is 3. The first-order valence-corrected chi connectivity index (χ1v) is 15.3. The number of piperidine rings is 1. The Morgan fingerprint density at radius 3 is 2.40 bits per heavy atom. The van der Waals surface area contributed by atoms with Gasteiger partial charge in [0.2, 0.25) is 0 Å². The smallest absolute Gasteiger partial charge is 0.251 e. The number of benzene rings is 2. The van der Waals surface area contributed by atoms with Gasteiger partial charge in [-0.2, -0.15) is 0 Å². The number of amides is 1. The van der Waals surface area contributed by atoms with Gasteiger partial charge < -0.3 is 24.8 Å². The Hall–Kier alpha value is -4.17. The molecule has 1 saturated heterocycles. The molecule has 2 aromatic carbocycles. The molecule has 8 heteroatoms. The molecule has 5 rings (SSSR count). The number of carbonyl (C=O) groups is 1. The first-order valence-electron chi connectivity index (χ1n) is 15.3. The number of hydrogen-bond donors (Lipinski definition) is 2. The highest BCUT2D eigenvalue weighted by molar-refractivity contribution is 5.97. The van der Waals surface area contributed by atoms with E-state index in [-0.39, 0.29) is 5.91 Å². The van der Waals surface area contributed by atoms with Crippen LogP contribution in [0, 0.1) is 20.8 Å². The van der Waals surface area contributed by atoms with E-state index in [0.29, 0.717) is 18.6 Å². The molecule has 43 heavy (non-hydrogen) atoms. The summed E-state index contributed by atoms with van der Waals surface area (Å²) in [6, 6.07) is 15.4. The SMILES string of the molecule is COc1ccc(N(Cc2cnccc2C)C2CCN([C@H](C)CCNC(=O)c3c(C)cc(-c4cnc[nH]4)cc3C)CC2)cc1. The summed E-state index contributed by atoms with van der Waals surface area (Å²) in [7, 11) is 1.70. The van der Waals surface area contributed by atoms with E-state index in [1.807, 2.05) is 50.5 Å². The number of imidazole rings is 1. The molecule has 1 fully saturated rings. The predicted octanol–water partition coefficient (Wildman–Crippen LogP) is 6.09. The van der Waals surface area contributed by atoms with Crippen LogP contribution in [-0.2, 0) is 6.54 Å². The van der Waals surface area contributed by atoms with Gasteiger partial charge in [-0.05, 0) is 112 Å². The van der Waals surface area contributed by atoms with Crippen LogP contribution in [0.25, 0.3) is 11.3 Å². The summed E-state index contributed by atoms with van der Waals surface area (Å²) in [5.74, 6) is 0.867. The van der Waals surface area contributed by atoms with E-state index >= 15 is 0 Å². The standard InChI is InChI=1S/C35H44N6O2/c1-24-10-14-36-20-29(24)22-41(30-6-8-32(43-5)9-7-30)31-12-16-40(17-13-31)27(4)11-15-38-35(42)34-25(2)18-28(19-26(34)3)33-21-37-23-39-33/h6-10,14,18-21,23,27,31H,11-13,15-17,22H2,1-5H3,(H,37,39)(H,38,42)/t27-/m1/s1.